The first-order valence-electron chi connectivity index (χ1n) is 17.3. The second-order valence-corrected chi connectivity index (χ2v) is 20.0. The van der Waals surface area contributed by atoms with Crippen molar-refractivity contribution in [3.8, 4) is 22.6 Å². The first-order valence-corrected chi connectivity index (χ1v) is 19.4. The zero-order valence-corrected chi connectivity index (χ0v) is 34.1. The van der Waals surface area contributed by atoms with E-state index in [1.54, 1.807) is 0 Å². The number of rotatable bonds is 12. The first-order chi connectivity index (χ1) is 20.4. The molecule has 3 unspecified atom stereocenters. The van der Waals surface area contributed by atoms with Crippen molar-refractivity contribution in [3.05, 3.63) is 46.5 Å². The molecule has 0 aliphatic heterocycles. The average Bonchev–Trinajstić information content (AvgIpc) is 2.86. The third-order valence-electron chi connectivity index (χ3n) is 7.96. The number of hydrogen-bond acceptors (Lipinski definition) is 3. The van der Waals surface area contributed by atoms with Gasteiger partial charge in [-0.05, 0) is 78.5 Å². The van der Waals surface area contributed by atoms with Crippen LogP contribution in [0.2, 0.25) is 0 Å². The third kappa shape index (κ3) is 11.8. The van der Waals surface area contributed by atoms with Crippen LogP contribution in [0.15, 0.2) is 24.3 Å². The lowest BCUT2D eigenvalue weighted by Gasteiger charge is -2.33. The van der Waals surface area contributed by atoms with Crippen LogP contribution in [0.1, 0.15) is 166 Å². The summed E-state index contributed by atoms with van der Waals surface area (Å²) in [6, 6.07) is 9.58. The SMILES string of the molecule is CCCCPOc1c(-c2cc(C(C)(C)C)cc(C(C)(C)C)c2OPC(CCC)OC(C)(C)C)cc(C(C)(C)C)cc1C(C)(C)C. The third-order valence-corrected chi connectivity index (χ3v) is 9.86. The van der Waals surface area contributed by atoms with Gasteiger partial charge < -0.3 is 13.8 Å². The molecule has 0 saturated heterocycles. The van der Waals surface area contributed by atoms with Gasteiger partial charge in [-0.25, -0.2) is 0 Å². The smallest absolute Gasteiger partial charge is 0.134 e. The van der Waals surface area contributed by atoms with Crippen molar-refractivity contribution in [2.45, 2.75) is 176 Å². The Kier molecular flexibility index (Phi) is 13.7. The predicted molar refractivity (Wildman–Crippen MR) is 204 cm³/mol. The summed E-state index contributed by atoms with van der Waals surface area (Å²) < 4.78 is 20.5. The minimum absolute atomic E-state index is 0.0260. The van der Waals surface area contributed by atoms with Gasteiger partial charge in [0, 0.05) is 28.4 Å². The second kappa shape index (κ2) is 15.4. The molecule has 0 saturated carbocycles. The van der Waals surface area contributed by atoms with Crippen LogP contribution in [-0.2, 0) is 26.4 Å². The highest BCUT2D eigenvalue weighted by atomic mass is 31.1. The fourth-order valence-corrected chi connectivity index (χ4v) is 7.43. The summed E-state index contributed by atoms with van der Waals surface area (Å²) in [5, 5.41) is 0. The molecule has 0 bridgehead atoms. The maximum atomic E-state index is 7.08. The van der Waals surface area contributed by atoms with Gasteiger partial charge in [0.05, 0.1) is 14.4 Å². The Balaban J connectivity index is 3.07. The van der Waals surface area contributed by atoms with Crippen LogP contribution in [0.3, 0.4) is 0 Å². The molecule has 0 radical (unpaired) electrons. The normalized spacial score (nSPS) is 14.6. The monoisotopic (exact) mass is 658 g/mol. The molecular formula is C40H68O3P2. The Morgan fingerprint density at radius 3 is 1.38 bits per heavy atom. The van der Waals surface area contributed by atoms with Crippen LogP contribution >= 0.6 is 17.6 Å². The molecule has 3 atom stereocenters. The van der Waals surface area contributed by atoms with E-state index in [4.69, 9.17) is 13.8 Å². The Hall–Kier alpha value is -1.14. The zero-order chi connectivity index (χ0) is 34.6. The molecule has 45 heavy (non-hydrogen) atoms. The fourth-order valence-electron chi connectivity index (χ4n) is 5.19. The van der Waals surface area contributed by atoms with Crippen LogP contribution in [0.25, 0.3) is 11.1 Å². The molecular weight excluding hydrogens is 590 g/mol. The molecule has 0 fully saturated rings. The quantitative estimate of drug-likeness (QED) is 0.168. The van der Waals surface area contributed by atoms with Crippen molar-refractivity contribution >= 4 is 17.6 Å². The highest BCUT2D eigenvalue weighted by Gasteiger charge is 2.32. The van der Waals surface area contributed by atoms with E-state index >= 15 is 0 Å². The second-order valence-electron chi connectivity index (χ2n) is 17.9. The van der Waals surface area contributed by atoms with Gasteiger partial charge in [0.1, 0.15) is 26.2 Å². The summed E-state index contributed by atoms with van der Waals surface area (Å²) >= 11 is 0. The number of benzene rings is 2. The van der Waals surface area contributed by atoms with E-state index in [0.717, 1.165) is 41.6 Å². The fraction of sp³-hybridized carbons (Fsp3) is 0.700. The molecule has 2 aromatic rings. The van der Waals surface area contributed by atoms with Crippen molar-refractivity contribution in [3.63, 3.8) is 0 Å². The van der Waals surface area contributed by atoms with Gasteiger partial charge in [-0.3, -0.25) is 0 Å². The lowest BCUT2D eigenvalue weighted by molar-refractivity contribution is -0.0256. The molecule has 0 N–H and O–H groups in total. The maximum absolute atomic E-state index is 7.08. The van der Waals surface area contributed by atoms with Crippen LogP contribution in [0, 0.1) is 0 Å². The van der Waals surface area contributed by atoms with Gasteiger partial charge >= 0.3 is 0 Å². The van der Waals surface area contributed by atoms with Crippen LogP contribution in [-0.4, -0.2) is 17.6 Å². The highest BCUT2D eigenvalue weighted by Crippen LogP contribution is 2.52. The zero-order valence-electron chi connectivity index (χ0n) is 32.1. The van der Waals surface area contributed by atoms with Gasteiger partial charge in [-0.2, -0.15) is 0 Å². The minimum Gasteiger partial charge on any atom is -0.476 e. The van der Waals surface area contributed by atoms with Crippen LogP contribution in [0.4, 0.5) is 0 Å². The van der Waals surface area contributed by atoms with Gasteiger partial charge in [0.2, 0.25) is 0 Å². The average molecular weight is 659 g/mol. The number of ether oxygens (including phenoxy) is 1. The number of hydrogen-bond donors (Lipinski definition) is 0. The molecule has 5 heteroatoms. The topological polar surface area (TPSA) is 27.7 Å². The van der Waals surface area contributed by atoms with Gasteiger partial charge in [-0.15, -0.1) is 0 Å². The predicted octanol–water partition coefficient (Wildman–Crippen LogP) is 13.2. The van der Waals surface area contributed by atoms with E-state index in [0.29, 0.717) is 8.81 Å². The van der Waals surface area contributed by atoms with Crippen molar-refractivity contribution < 1.29 is 13.8 Å². The molecule has 3 nitrogen and oxygen atoms in total. The van der Waals surface area contributed by atoms with Crippen LogP contribution in [0.5, 0.6) is 11.5 Å². The summed E-state index contributed by atoms with van der Waals surface area (Å²) in [6.07, 6.45) is 5.45. The lowest BCUT2D eigenvalue weighted by atomic mass is 9.75. The standard InChI is InChI=1S/C40H68O3P2/c1-18-20-22-44-42-34-29(23-27(36(3,4)5)25-31(34)38(9,10)11)30-24-28(37(6,7)8)26-32(39(12,13)14)35(30)43-45-33(21-19-2)41-40(15,16)17/h23-26,33,44-45H,18-22H2,1-17H3. The molecule has 2 aromatic carbocycles. The summed E-state index contributed by atoms with van der Waals surface area (Å²) in [6.45, 7) is 38.6. The Morgan fingerprint density at radius 1 is 0.578 bits per heavy atom. The van der Waals surface area contributed by atoms with Crippen molar-refractivity contribution in [1.82, 2.24) is 0 Å². The highest BCUT2D eigenvalue weighted by molar-refractivity contribution is 7.33. The summed E-state index contributed by atoms with van der Waals surface area (Å²) in [5.74, 6) is 2.02. The molecule has 0 spiro atoms. The van der Waals surface area contributed by atoms with Crippen molar-refractivity contribution in [2.75, 3.05) is 6.16 Å². The van der Waals surface area contributed by atoms with Crippen LogP contribution < -0.4 is 9.05 Å². The summed E-state index contributed by atoms with van der Waals surface area (Å²) in [5.41, 5.74) is 6.91. The molecule has 0 heterocycles. The maximum Gasteiger partial charge on any atom is 0.134 e. The van der Waals surface area contributed by atoms with E-state index in [1.165, 1.54) is 35.1 Å². The lowest BCUT2D eigenvalue weighted by Crippen LogP contribution is -2.25. The van der Waals surface area contributed by atoms with E-state index in [-0.39, 0.29) is 41.9 Å². The van der Waals surface area contributed by atoms with E-state index in [9.17, 15) is 0 Å². The molecule has 0 aliphatic rings. The molecule has 0 aliphatic carbocycles. The minimum atomic E-state index is -0.231. The summed E-state index contributed by atoms with van der Waals surface area (Å²) in [4.78, 5) is 0. The molecule has 0 aromatic heterocycles. The van der Waals surface area contributed by atoms with Crippen molar-refractivity contribution in [2.24, 2.45) is 0 Å². The van der Waals surface area contributed by atoms with Gasteiger partial charge in [-0.1, -0.05) is 122 Å². The van der Waals surface area contributed by atoms with E-state index < -0.39 is 0 Å². The molecule has 0 amide bonds. The molecule has 2 rings (SSSR count). The van der Waals surface area contributed by atoms with Gasteiger partial charge in [0.15, 0.2) is 0 Å². The molecule has 256 valence electrons. The van der Waals surface area contributed by atoms with E-state index in [2.05, 4.69) is 142 Å². The Labute approximate surface area is 282 Å². The van der Waals surface area contributed by atoms with E-state index in [1.807, 2.05) is 0 Å². The number of unbranched alkanes of at least 4 members (excludes halogenated alkanes) is 1. The van der Waals surface area contributed by atoms with Crippen molar-refractivity contribution in [1.29, 1.82) is 0 Å². The first kappa shape index (κ1) is 40.0. The van der Waals surface area contributed by atoms with Gasteiger partial charge in [0.25, 0.3) is 0 Å². The Morgan fingerprint density at radius 2 is 1.02 bits per heavy atom. The largest absolute Gasteiger partial charge is 0.476 e. The summed E-state index contributed by atoms with van der Waals surface area (Å²) in [7, 11) is 0.608. The Bertz CT molecular complexity index is 1250.